The number of aryl methyl sites for hydroxylation is 2. The molecule has 1 fully saturated rings. The van der Waals surface area contributed by atoms with Crippen molar-refractivity contribution in [2.75, 3.05) is 19.8 Å². The number of hydrogen-bond donors (Lipinski definition) is 0. The Balaban J connectivity index is 1.69. The van der Waals surface area contributed by atoms with Crippen LogP contribution in [0.1, 0.15) is 35.6 Å². The summed E-state index contributed by atoms with van der Waals surface area (Å²) in [6, 6.07) is 10.9. The summed E-state index contributed by atoms with van der Waals surface area (Å²) in [4.78, 5) is 0.366. The molecular weight excluding hydrogens is 350 g/mol. The average molecular weight is 373 g/mol. The molecule has 0 aliphatic carbocycles. The molecule has 0 amide bonds. The standard InChI is InChI=1S/C20H23NO4S/c1-14-5-7-17(12-15(14)2)26(22,23)21-9-3-4-18(21)16-6-8-19-20(13-16)25-11-10-24-19/h5-8,12-13,18H,3-4,9-11H2,1-2H3. The van der Waals surface area contributed by atoms with Gasteiger partial charge in [-0.25, -0.2) is 8.42 Å². The quantitative estimate of drug-likeness (QED) is 0.825. The Hall–Kier alpha value is -2.05. The minimum atomic E-state index is -3.54. The number of rotatable bonds is 3. The van der Waals surface area contributed by atoms with Crippen molar-refractivity contribution in [3.63, 3.8) is 0 Å². The van der Waals surface area contributed by atoms with Gasteiger partial charge in [-0.15, -0.1) is 0 Å². The fourth-order valence-electron chi connectivity index (χ4n) is 3.64. The molecule has 0 radical (unpaired) electrons. The second kappa shape index (κ2) is 6.59. The SMILES string of the molecule is Cc1ccc(S(=O)(=O)N2CCCC2c2ccc3c(c2)OCCO3)cc1C. The van der Waals surface area contributed by atoms with E-state index in [1.165, 1.54) is 0 Å². The molecule has 2 aromatic rings. The first-order valence-corrected chi connectivity index (χ1v) is 10.4. The van der Waals surface area contributed by atoms with Gasteiger partial charge in [0.25, 0.3) is 0 Å². The molecule has 5 nitrogen and oxygen atoms in total. The summed E-state index contributed by atoms with van der Waals surface area (Å²) in [6.45, 7) is 5.53. The highest BCUT2D eigenvalue weighted by Gasteiger charge is 2.36. The molecule has 6 heteroatoms. The molecule has 0 N–H and O–H groups in total. The van der Waals surface area contributed by atoms with E-state index in [4.69, 9.17) is 9.47 Å². The fraction of sp³-hybridized carbons (Fsp3) is 0.400. The molecule has 0 spiro atoms. The van der Waals surface area contributed by atoms with Gasteiger partial charge in [0.2, 0.25) is 10.0 Å². The normalized spacial score (nSPS) is 20.3. The smallest absolute Gasteiger partial charge is 0.243 e. The number of nitrogens with zero attached hydrogens (tertiary/aromatic N) is 1. The third kappa shape index (κ3) is 2.97. The van der Waals surface area contributed by atoms with Crippen molar-refractivity contribution < 1.29 is 17.9 Å². The van der Waals surface area contributed by atoms with Crippen LogP contribution in [0.15, 0.2) is 41.3 Å². The summed E-state index contributed by atoms with van der Waals surface area (Å²) in [5, 5.41) is 0. The minimum absolute atomic E-state index is 0.169. The highest BCUT2D eigenvalue weighted by molar-refractivity contribution is 7.89. The Morgan fingerprint density at radius 3 is 2.50 bits per heavy atom. The lowest BCUT2D eigenvalue weighted by molar-refractivity contribution is 0.171. The van der Waals surface area contributed by atoms with E-state index in [0.717, 1.165) is 35.3 Å². The molecule has 2 aliphatic rings. The zero-order valence-corrected chi connectivity index (χ0v) is 15.9. The first-order chi connectivity index (χ1) is 12.5. The predicted molar refractivity (Wildman–Crippen MR) is 99.2 cm³/mol. The lowest BCUT2D eigenvalue weighted by atomic mass is 10.0. The minimum Gasteiger partial charge on any atom is -0.486 e. The second-order valence-corrected chi connectivity index (χ2v) is 8.81. The van der Waals surface area contributed by atoms with Crippen LogP contribution in [0.4, 0.5) is 0 Å². The third-order valence-electron chi connectivity index (χ3n) is 5.24. The van der Waals surface area contributed by atoms with Crippen LogP contribution in [0.2, 0.25) is 0 Å². The zero-order chi connectivity index (χ0) is 18.3. The number of fused-ring (bicyclic) bond motifs is 1. The van der Waals surface area contributed by atoms with E-state index >= 15 is 0 Å². The molecule has 0 bridgehead atoms. The zero-order valence-electron chi connectivity index (χ0n) is 15.1. The van der Waals surface area contributed by atoms with E-state index in [1.807, 2.05) is 38.1 Å². The Morgan fingerprint density at radius 2 is 1.73 bits per heavy atom. The van der Waals surface area contributed by atoms with Crippen molar-refractivity contribution in [1.29, 1.82) is 0 Å². The lowest BCUT2D eigenvalue weighted by Gasteiger charge is -2.26. The van der Waals surface area contributed by atoms with Crippen molar-refractivity contribution in [3.05, 3.63) is 53.1 Å². The maximum Gasteiger partial charge on any atom is 0.243 e. The number of ether oxygens (including phenoxy) is 2. The highest BCUT2D eigenvalue weighted by atomic mass is 32.2. The topological polar surface area (TPSA) is 55.8 Å². The molecule has 1 saturated heterocycles. The number of benzene rings is 2. The van der Waals surface area contributed by atoms with Crippen molar-refractivity contribution in [3.8, 4) is 11.5 Å². The summed E-state index contributed by atoms with van der Waals surface area (Å²) >= 11 is 0. The maximum absolute atomic E-state index is 13.2. The molecule has 2 aromatic carbocycles. The maximum atomic E-state index is 13.2. The van der Waals surface area contributed by atoms with Crippen LogP contribution >= 0.6 is 0 Å². The van der Waals surface area contributed by atoms with Crippen LogP contribution in [0.25, 0.3) is 0 Å². The van der Waals surface area contributed by atoms with Gasteiger partial charge in [0.1, 0.15) is 13.2 Å². The molecule has 1 unspecified atom stereocenters. The van der Waals surface area contributed by atoms with Crippen LogP contribution in [0.5, 0.6) is 11.5 Å². The van der Waals surface area contributed by atoms with E-state index in [-0.39, 0.29) is 6.04 Å². The van der Waals surface area contributed by atoms with Crippen LogP contribution in [0.3, 0.4) is 0 Å². The van der Waals surface area contributed by atoms with Gasteiger partial charge in [0.05, 0.1) is 10.9 Å². The second-order valence-electron chi connectivity index (χ2n) is 6.92. The van der Waals surface area contributed by atoms with Crippen LogP contribution < -0.4 is 9.47 Å². The van der Waals surface area contributed by atoms with Gasteiger partial charge in [0.15, 0.2) is 11.5 Å². The Bertz CT molecular complexity index is 939. The molecule has 0 saturated carbocycles. The first kappa shape index (κ1) is 17.4. The Labute approximate surface area is 154 Å². The molecule has 0 aromatic heterocycles. The summed E-state index contributed by atoms with van der Waals surface area (Å²) in [5.74, 6) is 1.42. The summed E-state index contributed by atoms with van der Waals surface area (Å²) in [7, 11) is -3.54. The summed E-state index contributed by atoms with van der Waals surface area (Å²) in [6.07, 6.45) is 1.66. The van der Waals surface area contributed by atoms with Gasteiger partial charge >= 0.3 is 0 Å². The van der Waals surface area contributed by atoms with E-state index in [1.54, 1.807) is 16.4 Å². The highest BCUT2D eigenvalue weighted by Crippen LogP contribution is 2.40. The summed E-state index contributed by atoms with van der Waals surface area (Å²) < 4.78 is 39.3. The number of hydrogen-bond acceptors (Lipinski definition) is 4. The van der Waals surface area contributed by atoms with Crippen LogP contribution in [-0.4, -0.2) is 32.5 Å². The predicted octanol–water partition coefficient (Wildman–Crippen LogP) is 3.60. The van der Waals surface area contributed by atoms with Gasteiger partial charge < -0.3 is 9.47 Å². The third-order valence-corrected chi connectivity index (χ3v) is 7.14. The van der Waals surface area contributed by atoms with Gasteiger partial charge in [0, 0.05) is 6.54 Å². The first-order valence-electron chi connectivity index (χ1n) is 8.95. The number of sulfonamides is 1. The lowest BCUT2D eigenvalue weighted by Crippen LogP contribution is -2.31. The van der Waals surface area contributed by atoms with Gasteiger partial charge in [-0.2, -0.15) is 4.31 Å². The molecule has 4 rings (SSSR count). The molecule has 2 heterocycles. The van der Waals surface area contributed by atoms with E-state index in [9.17, 15) is 8.42 Å². The van der Waals surface area contributed by atoms with Crippen LogP contribution in [0, 0.1) is 13.8 Å². The van der Waals surface area contributed by atoms with Gasteiger partial charge in [-0.1, -0.05) is 12.1 Å². The van der Waals surface area contributed by atoms with Gasteiger partial charge in [-0.3, -0.25) is 0 Å². The van der Waals surface area contributed by atoms with Gasteiger partial charge in [-0.05, 0) is 67.6 Å². The molecule has 138 valence electrons. The molecule has 1 atom stereocenters. The molecule has 2 aliphatic heterocycles. The summed E-state index contributed by atoms with van der Waals surface area (Å²) in [5.41, 5.74) is 3.04. The molecule has 26 heavy (non-hydrogen) atoms. The Kier molecular flexibility index (Phi) is 4.40. The fourth-order valence-corrected chi connectivity index (χ4v) is 5.41. The Morgan fingerprint density at radius 1 is 0.962 bits per heavy atom. The van der Waals surface area contributed by atoms with Crippen LogP contribution in [-0.2, 0) is 10.0 Å². The van der Waals surface area contributed by atoms with Crippen molar-refractivity contribution in [2.24, 2.45) is 0 Å². The molecular formula is C20H23NO4S. The average Bonchev–Trinajstić information content (AvgIpc) is 3.14. The van der Waals surface area contributed by atoms with E-state index in [2.05, 4.69) is 0 Å². The monoisotopic (exact) mass is 373 g/mol. The van der Waals surface area contributed by atoms with E-state index in [0.29, 0.717) is 30.4 Å². The largest absolute Gasteiger partial charge is 0.486 e. The van der Waals surface area contributed by atoms with E-state index < -0.39 is 10.0 Å². The van der Waals surface area contributed by atoms with Crippen molar-refractivity contribution in [2.45, 2.75) is 37.6 Å². The van der Waals surface area contributed by atoms with Crippen molar-refractivity contribution in [1.82, 2.24) is 4.31 Å². The van der Waals surface area contributed by atoms with Crippen molar-refractivity contribution >= 4 is 10.0 Å².